The average molecular weight is 449 g/mol. The van der Waals surface area contributed by atoms with E-state index in [2.05, 4.69) is 21.6 Å². The van der Waals surface area contributed by atoms with Crippen molar-refractivity contribution < 1.29 is 4.79 Å². The molecular weight excluding hydrogens is 436 g/mol. The summed E-state index contributed by atoms with van der Waals surface area (Å²) in [6, 6.07) is 24.1. The third-order valence-corrected chi connectivity index (χ3v) is 6.46. The summed E-state index contributed by atoms with van der Waals surface area (Å²) >= 11 is 8.84. The molecule has 146 valence electrons. The third kappa shape index (κ3) is 4.36. The first kappa shape index (κ1) is 20.1. The number of hydrogen-bond acceptors (Lipinski definition) is 6. The fraction of sp³-hybridized carbons (Fsp3) is 0. The summed E-state index contributed by atoms with van der Waals surface area (Å²) in [5.41, 5.74) is 1.82. The van der Waals surface area contributed by atoms with Crippen LogP contribution in [0.2, 0.25) is 5.02 Å². The summed E-state index contributed by atoms with van der Waals surface area (Å²) in [6.45, 7) is 0. The Kier molecular flexibility index (Phi) is 6.10. The molecule has 0 saturated carbocycles. The van der Waals surface area contributed by atoms with Crippen molar-refractivity contribution in [1.82, 2.24) is 10.2 Å². The molecule has 4 rings (SSSR count). The Morgan fingerprint density at radius 2 is 1.67 bits per heavy atom. The Labute approximate surface area is 186 Å². The molecule has 1 heterocycles. The third-order valence-electron chi connectivity index (χ3n) is 4.11. The lowest BCUT2D eigenvalue weighted by atomic mass is 10.2. The molecule has 0 radical (unpaired) electrons. The second-order valence-corrected chi connectivity index (χ2v) is 8.52. The van der Waals surface area contributed by atoms with Gasteiger partial charge in [-0.1, -0.05) is 77.2 Å². The molecule has 30 heavy (non-hydrogen) atoms. The number of benzene rings is 3. The normalized spacial score (nSPS) is 10.4. The molecule has 3 aromatic carbocycles. The Morgan fingerprint density at radius 1 is 0.967 bits per heavy atom. The highest BCUT2D eigenvalue weighted by Gasteiger charge is 2.16. The highest BCUT2D eigenvalue weighted by Crippen LogP contribution is 2.34. The molecule has 5 nitrogen and oxygen atoms in total. The van der Waals surface area contributed by atoms with Gasteiger partial charge in [-0.15, -0.1) is 10.2 Å². The van der Waals surface area contributed by atoms with Gasteiger partial charge in [-0.3, -0.25) is 10.1 Å². The van der Waals surface area contributed by atoms with Gasteiger partial charge in [0.15, 0.2) is 5.01 Å². The van der Waals surface area contributed by atoms with Crippen molar-refractivity contribution >= 4 is 45.7 Å². The Bertz CT molecular complexity index is 1270. The number of nitriles is 1. The van der Waals surface area contributed by atoms with Crippen LogP contribution in [0.3, 0.4) is 0 Å². The summed E-state index contributed by atoms with van der Waals surface area (Å²) in [5, 5.41) is 21.9. The van der Waals surface area contributed by atoms with Crippen LogP contribution in [0.25, 0.3) is 10.6 Å². The standard InChI is InChI=1S/C22H13ClN4OS2/c23-17-10-4-2-8-15(17)21-26-27-22(30-21)25-20(28)16-9-3-6-12-19(16)29-18-11-5-1-7-14(18)13-24/h1-12H,(H,25,27,28). The van der Waals surface area contributed by atoms with Crippen LogP contribution < -0.4 is 5.32 Å². The Hall–Kier alpha value is -3.18. The van der Waals surface area contributed by atoms with Crippen LogP contribution in [0, 0.1) is 11.3 Å². The van der Waals surface area contributed by atoms with Gasteiger partial charge in [0.05, 0.1) is 16.1 Å². The van der Waals surface area contributed by atoms with Crippen molar-refractivity contribution in [3.05, 3.63) is 88.9 Å². The first-order chi connectivity index (χ1) is 14.7. The Morgan fingerprint density at radius 3 is 2.47 bits per heavy atom. The summed E-state index contributed by atoms with van der Waals surface area (Å²) in [5.74, 6) is -0.297. The number of nitrogens with one attached hydrogen (secondary N) is 1. The zero-order valence-corrected chi connectivity index (χ0v) is 17.8. The monoisotopic (exact) mass is 448 g/mol. The minimum atomic E-state index is -0.297. The van der Waals surface area contributed by atoms with Crippen molar-refractivity contribution in [2.45, 2.75) is 9.79 Å². The SMILES string of the molecule is N#Cc1ccccc1Sc1ccccc1C(=O)Nc1nnc(-c2ccccc2Cl)s1. The van der Waals surface area contributed by atoms with E-state index in [0.29, 0.717) is 26.3 Å². The largest absolute Gasteiger partial charge is 0.296 e. The molecule has 0 saturated heterocycles. The van der Waals surface area contributed by atoms with Gasteiger partial charge in [-0.05, 0) is 30.3 Å². The first-order valence-electron chi connectivity index (χ1n) is 8.81. The number of amides is 1. The topological polar surface area (TPSA) is 78.7 Å². The molecule has 0 aliphatic rings. The van der Waals surface area contributed by atoms with Gasteiger partial charge in [0, 0.05) is 15.4 Å². The van der Waals surface area contributed by atoms with Crippen LogP contribution in [0.15, 0.2) is 82.6 Å². The molecule has 1 aromatic heterocycles. The van der Waals surface area contributed by atoms with Gasteiger partial charge in [0.1, 0.15) is 6.07 Å². The molecule has 0 aliphatic heterocycles. The van der Waals surface area contributed by atoms with Gasteiger partial charge in [0.25, 0.3) is 5.91 Å². The molecule has 1 N–H and O–H groups in total. The van der Waals surface area contributed by atoms with Gasteiger partial charge in [-0.2, -0.15) is 5.26 Å². The predicted octanol–water partition coefficient (Wildman–Crippen LogP) is 6.13. The maximum absolute atomic E-state index is 12.9. The number of hydrogen-bond donors (Lipinski definition) is 1. The Balaban J connectivity index is 1.57. The molecule has 4 aromatic rings. The van der Waals surface area contributed by atoms with E-state index in [-0.39, 0.29) is 5.91 Å². The summed E-state index contributed by atoms with van der Waals surface area (Å²) < 4.78 is 0. The fourth-order valence-electron chi connectivity index (χ4n) is 2.69. The van der Waals surface area contributed by atoms with Crippen LogP contribution in [-0.4, -0.2) is 16.1 Å². The van der Waals surface area contributed by atoms with E-state index >= 15 is 0 Å². The van der Waals surface area contributed by atoms with Gasteiger partial charge >= 0.3 is 0 Å². The summed E-state index contributed by atoms with van der Waals surface area (Å²) in [4.78, 5) is 14.4. The van der Waals surface area contributed by atoms with E-state index in [1.807, 2.05) is 48.5 Å². The zero-order chi connectivity index (χ0) is 20.9. The number of aromatic nitrogens is 2. The second kappa shape index (κ2) is 9.09. The molecular formula is C22H13ClN4OS2. The van der Waals surface area contributed by atoms with E-state index in [9.17, 15) is 10.1 Å². The number of rotatable bonds is 5. The van der Waals surface area contributed by atoms with Crippen LogP contribution in [0.1, 0.15) is 15.9 Å². The quantitative estimate of drug-likeness (QED) is 0.397. The van der Waals surface area contributed by atoms with Gasteiger partial charge < -0.3 is 0 Å². The minimum absolute atomic E-state index is 0.297. The first-order valence-corrected chi connectivity index (χ1v) is 10.8. The predicted molar refractivity (Wildman–Crippen MR) is 120 cm³/mol. The highest BCUT2D eigenvalue weighted by molar-refractivity contribution is 7.99. The van der Waals surface area contributed by atoms with Crippen molar-refractivity contribution in [2.75, 3.05) is 5.32 Å². The number of anilines is 1. The smallest absolute Gasteiger partial charge is 0.258 e. The van der Waals surface area contributed by atoms with Crippen molar-refractivity contribution in [3.8, 4) is 16.6 Å². The van der Waals surface area contributed by atoms with E-state index in [1.165, 1.54) is 23.1 Å². The molecule has 8 heteroatoms. The highest BCUT2D eigenvalue weighted by atomic mass is 35.5. The molecule has 0 aliphatic carbocycles. The number of nitrogens with zero attached hydrogens (tertiary/aromatic N) is 3. The molecule has 0 fully saturated rings. The van der Waals surface area contributed by atoms with E-state index < -0.39 is 0 Å². The van der Waals surface area contributed by atoms with Gasteiger partial charge in [0.2, 0.25) is 5.13 Å². The lowest BCUT2D eigenvalue weighted by Crippen LogP contribution is -2.12. The average Bonchev–Trinajstić information content (AvgIpc) is 3.23. The zero-order valence-electron chi connectivity index (χ0n) is 15.4. The molecule has 1 amide bonds. The molecule has 0 atom stereocenters. The van der Waals surface area contributed by atoms with Crippen molar-refractivity contribution in [2.24, 2.45) is 0 Å². The van der Waals surface area contributed by atoms with Gasteiger partial charge in [-0.25, -0.2) is 0 Å². The maximum atomic E-state index is 12.9. The molecule has 0 spiro atoms. The van der Waals surface area contributed by atoms with Crippen LogP contribution in [0.4, 0.5) is 5.13 Å². The van der Waals surface area contributed by atoms with Crippen LogP contribution in [0.5, 0.6) is 0 Å². The van der Waals surface area contributed by atoms with Crippen molar-refractivity contribution in [1.29, 1.82) is 5.26 Å². The second-order valence-electron chi connectivity index (χ2n) is 6.05. The number of carbonyl (C=O) groups is 1. The van der Waals surface area contributed by atoms with Crippen LogP contribution >= 0.6 is 34.7 Å². The maximum Gasteiger partial charge on any atom is 0.258 e. The minimum Gasteiger partial charge on any atom is -0.296 e. The number of halogens is 1. The van der Waals surface area contributed by atoms with E-state index in [4.69, 9.17) is 11.6 Å². The van der Waals surface area contributed by atoms with E-state index in [0.717, 1.165) is 15.4 Å². The lowest BCUT2D eigenvalue weighted by Gasteiger charge is -2.09. The summed E-state index contributed by atoms with van der Waals surface area (Å²) in [7, 11) is 0. The van der Waals surface area contributed by atoms with Crippen LogP contribution in [-0.2, 0) is 0 Å². The molecule has 0 unspecified atom stereocenters. The molecule has 0 bridgehead atoms. The number of carbonyl (C=O) groups excluding carboxylic acids is 1. The van der Waals surface area contributed by atoms with E-state index in [1.54, 1.807) is 24.3 Å². The fourth-order valence-corrected chi connectivity index (χ4v) is 4.78. The summed E-state index contributed by atoms with van der Waals surface area (Å²) in [6.07, 6.45) is 0. The van der Waals surface area contributed by atoms with Crippen molar-refractivity contribution in [3.63, 3.8) is 0 Å². The lowest BCUT2D eigenvalue weighted by molar-refractivity contribution is 0.102.